The minimum absolute atomic E-state index is 0.125. The van der Waals surface area contributed by atoms with E-state index in [4.69, 9.17) is 25.6 Å². The van der Waals surface area contributed by atoms with Gasteiger partial charge >= 0.3 is 17.6 Å². The maximum absolute atomic E-state index is 12.6. The monoisotopic (exact) mass is 531 g/mol. The second-order valence-electron chi connectivity index (χ2n) is 8.00. The number of esters is 1. The van der Waals surface area contributed by atoms with Crippen molar-refractivity contribution in [3.05, 3.63) is 62.8 Å². The highest BCUT2D eigenvalue weighted by Gasteiger charge is 2.15. The van der Waals surface area contributed by atoms with E-state index in [9.17, 15) is 24.6 Å². The van der Waals surface area contributed by atoms with Crippen LogP contribution in [0.2, 0.25) is 5.02 Å². The van der Waals surface area contributed by atoms with Gasteiger partial charge in [-0.05, 0) is 43.5 Å². The fourth-order valence-electron chi connectivity index (χ4n) is 3.57. The number of carbonyl (C=O) groups excluding carboxylic acids is 2. The largest absolute Gasteiger partial charge is 0.492 e. The molecule has 0 atom stereocenters. The minimum Gasteiger partial charge on any atom is -0.492 e. The number of carbonyl (C=O) groups is 2. The summed E-state index contributed by atoms with van der Waals surface area (Å²) >= 11 is 7.68. The van der Waals surface area contributed by atoms with E-state index in [0.29, 0.717) is 22.1 Å². The third kappa shape index (κ3) is 5.89. The molecule has 0 fully saturated rings. The van der Waals surface area contributed by atoms with Gasteiger partial charge in [0.25, 0.3) is 0 Å². The van der Waals surface area contributed by atoms with E-state index in [1.807, 2.05) is 12.1 Å². The van der Waals surface area contributed by atoms with Crippen LogP contribution < -0.4 is 15.2 Å². The third-order valence-electron chi connectivity index (χ3n) is 5.26. The zero-order valence-corrected chi connectivity index (χ0v) is 20.7. The minimum atomic E-state index is -0.557. The quantitative estimate of drug-likeness (QED) is 0.132. The summed E-state index contributed by atoms with van der Waals surface area (Å²) in [6.45, 7) is 1.26. The average molecular weight is 532 g/mol. The van der Waals surface area contributed by atoms with Crippen LogP contribution in [-0.4, -0.2) is 26.9 Å². The molecule has 0 spiro atoms. The molecule has 36 heavy (non-hydrogen) atoms. The first-order valence-corrected chi connectivity index (χ1v) is 12.3. The van der Waals surface area contributed by atoms with E-state index in [0.717, 1.165) is 29.0 Å². The van der Waals surface area contributed by atoms with Crippen molar-refractivity contribution >= 4 is 45.8 Å². The van der Waals surface area contributed by atoms with Gasteiger partial charge in [0.2, 0.25) is 11.8 Å². The van der Waals surface area contributed by atoms with Gasteiger partial charge in [-0.15, -0.1) is 16.1 Å². The number of thiophene rings is 1. The summed E-state index contributed by atoms with van der Waals surface area (Å²) < 4.78 is 11.2. The average Bonchev–Trinajstić information content (AvgIpc) is 3.41. The van der Waals surface area contributed by atoms with E-state index >= 15 is 0 Å². The second-order valence-corrected chi connectivity index (χ2v) is 9.57. The third-order valence-corrected chi connectivity index (χ3v) is 6.74. The highest BCUT2D eigenvalue weighted by atomic mass is 35.5. The summed E-state index contributed by atoms with van der Waals surface area (Å²) in [5, 5.41) is 19.8. The Labute approximate surface area is 214 Å². The summed E-state index contributed by atoms with van der Waals surface area (Å²) in [4.78, 5) is 42.5. The predicted molar refractivity (Wildman–Crippen MR) is 134 cm³/mol. The van der Waals surface area contributed by atoms with Gasteiger partial charge < -0.3 is 24.2 Å². The van der Waals surface area contributed by atoms with Crippen LogP contribution in [0, 0.1) is 0 Å². The Morgan fingerprint density at radius 3 is 2.53 bits per heavy atom. The SMILES string of the molecule is CC(=O)Oc1cc2oc(=O)c(-c3ccc(CCCCCC(=O)On4c(O)ccc4O)s3)cc2cc1Cl. The number of aromatic hydroxyl groups is 2. The molecule has 188 valence electrons. The number of fused-ring (bicyclic) bond motifs is 1. The molecule has 0 amide bonds. The van der Waals surface area contributed by atoms with Gasteiger partial charge in [-0.3, -0.25) is 4.79 Å². The van der Waals surface area contributed by atoms with Crippen LogP contribution in [0.1, 0.15) is 37.5 Å². The molecular formula is C25H22ClNO8S. The van der Waals surface area contributed by atoms with Gasteiger partial charge in [0.1, 0.15) is 5.58 Å². The zero-order chi connectivity index (χ0) is 25.8. The molecule has 3 aromatic heterocycles. The Morgan fingerprint density at radius 2 is 1.81 bits per heavy atom. The van der Waals surface area contributed by atoms with E-state index in [2.05, 4.69) is 0 Å². The van der Waals surface area contributed by atoms with Crippen molar-refractivity contribution in [2.24, 2.45) is 0 Å². The number of benzene rings is 1. The molecule has 4 rings (SSSR count). The number of aromatic nitrogens is 1. The van der Waals surface area contributed by atoms with Crippen molar-refractivity contribution in [3.63, 3.8) is 0 Å². The summed E-state index contributed by atoms with van der Waals surface area (Å²) in [6, 6.07) is 11.0. The van der Waals surface area contributed by atoms with Gasteiger partial charge in [0, 0.05) is 46.7 Å². The molecule has 0 radical (unpaired) electrons. The van der Waals surface area contributed by atoms with Gasteiger partial charge in [0.05, 0.1) is 10.6 Å². The lowest BCUT2D eigenvalue weighted by molar-refractivity contribution is -0.145. The Bertz CT molecular complexity index is 1470. The second kappa shape index (κ2) is 10.9. The Kier molecular flexibility index (Phi) is 7.66. The normalized spacial score (nSPS) is 11.1. The van der Waals surface area contributed by atoms with Gasteiger partial charge in [0.15, 0.2) is 5.75 Å². The fraction of sp³-hybridized carbons (Fsp3) is 0.240. The molecule has 0 aliphatic carbocycles. The van der Waals surface area contributed by atoms with Crippen LogP contribution in [0.3, 0.4) is 0 Å². The topological polar surface area (TPSA) is 128 Å². The first kappa shape index (κ1) is 25.3. The number of hydrogen-bond acceptors (Lipinski definition) is 9. The molecule has 0 saturated carbocycles. The Hall–Kier alpha value is -3.76. The van der Waals surface area contributed by atoms with Gasteiger partial charge in [-0.2, -0.15) is 0 Å². The Balaban J connectivity index is 1.33. The van der Waals surface area contributed by atoms with Crippen molar-refractivity contribution < 1.29 is 33.8 Å². The molecule has 0 bridgehead atoms. The Morgan fingerprint density at radius 1 is 1.06 bits per heavy atom. The van der Waals surface area contributed by atoms with Crippen LogP contribution in [0.15, 0.2) is 51.7 Å². The van der Waals surface area contributed by atoms with Crippen molar-refractivity contribution in [3.8, 4) is 28.0 Å². The molecule has 0 saturated heterocycles. The molecule has 2 N–H and O–H groups in total. The smallest absolute Gasteiger partial charge is 0.345 e. The zero-order valence-electron chi connectivity index (χ0n) is 19.2. The van der Waals surface area contributed by atoms with Crippen LogP contribution in [0.5, 0.6) is 17.5 Å². The molecule has 11 heteroatoms. The van der Waals surface area contributed by atoms with Crippen molar-refractivity contribution in [1.29, 1.82) is 0 Å². The highest BCUT2D eigenvalue weighted by molar-refractivity contribution is 7.15. The summed E-state index contributed by atoms with van der Waals surface area (Å²) in [5.74, 6) is -1.67. The maximum Gasteiger partial charge on any atom is 0.345 e. The van der Waals surface area contributed by atoms with E-state index < -0.39 is 17.6 Å². The van der Waals surface area contributed by atoms with Crippen molar-refractivity contribution in [1.82, 2.24) is 4.73 Å². The van der Waals surface area contributed by atoms with Crippen LogP contribution in [-0.2, 0) is 16.0 Å². The molecule has 3 heterocycles. The van der Waals surface area contributed by atoms with Gasteiger partial charge in [-0.25, -0.2) is 9.59 Å². The molecule has 0 aliphatic rings. The first-order chi connectivity index (χ1) is 17.2. The van der Waals surface area contributed by atoms with Gasteiger partial charge in [-0.1, -0.05) is 18.0 Å². The number of unbranched alkanes of at least 4 members (excludes halogenated alkanes) is 2. The van der Waals surface area contributed by atoms with Crippen molar-refractivity contribution in [2.45, 2.75) is 39.0 Å². The molecule has 4 aromatic rings. The number of rotatable bonds is 9. The lowest BCUT2D eigenvalue weighted by Gasteiger charge is -2.06. The summed E-state index contributed by atoms with van der Waals surface area (Å²) in [6.07, 6.45) is 3.10. The number of ether oxygens (including phenoxy) is 1. The summed E-state index contributed by atoms with van der Waals surface area (Å²) in [5.41, 5.74) is 0.168. The highest BCUT2D eigenvalue weighted by Crippen LogP contribution is 2.33. The van der Waals surface area contributed by atoms with Crippen molar-refractivity contribution in [2.75, 3.05) is 0 Å². The number of aryl methyl sites for hydroxylation is 1. The molecule has 9 nitrogen and oxygen atoms in total. The summed E-state index contributed by atoms with van der Waals surface area (Å²) in [7, 11) is 0. The standard InChI is InChI=1S/C25H22ClNO8S/c1-14(28)33-20-13-19-15(12-18(20)26)11-17(25(32)34-19)21-8-7-16(36-21)5-3-2-4-6-24(31)35-27-22(29)9-10-23(27)30/h7-13,29-30H,2-6H2,1H3. The number of nitrogens with zero attached hydrogens (tertiary/aromatic N) is 1. The lowest BCUT2D eigenvalue weighted by Crippen LogP contribution is -2.18. The predicted octanol–water partition coefficient (Wildman–Crippen LogP) is 5.07. The molecule has 0 unspecified atom stereocenters. The van der Waals surface area contributed by atoms with Crippen LogP contribution in [0.25, 0.3) is 21.4 Å². The number of halogens is 1. The molecule has 0 aliphatic heterocycles. The molecule has 1 aromatic carbocycles. The van der Waals surface area contributed by atoms with Crippen LogP contribution >= 0.6 is 22.9 Å². The fourth-order valence-corrected chi connectivity index (χ4v) is 4.83. The van der Waals surface area contributed by atoms with E-state index in [1.165, 1.54) is 36.5 Å². The first-order valence-electron chi connectivity index (χ1n) is 11.1. The van der Waals surface area contributed by atoms with Crippen LogP contribution in [0.4, 0.5) is 0 Å². The lowest BCUT2D eigenvalue weighted by atomic mass is 10.1. The van der Waals surface area contributed by atoms with E-state index in [1.54, 1.807) is 12.1 Å². The number of hydrogen-bond donors (Lipinski definition) is 2. The maximum atomic E-state index is 12.6. The van der Waals surface area contributed by atoms with E-state index in [-0.39, 0.29) is 34.5 Å². The molecular weight excluding hydrogens is 510 g/mol.